The molecule has 0 unspecified atom stereocenters. The van der Waals surface area contributed by atoms with Crippen molar-refractivity contribution in [2.45, 2.75) is 25.2 Å². The van der Waals surface area contributed by atoms with E-state index in [4.69, 9.17) is 14.6 Å². The summed E-state index contributed by atoms with van der Waals surface area (Å²) in [6.45, 7) is 1.05. The second kappa shape index (κ2) is 9.38. The molecule has 2 atom stereocenters. The number of rotatable bonds is 6. The second-order valence-corrected chi connectivity index (χ2v) is 6.82. The number of aromatic carboxylic acids is 1. The minimum absolute atomic E-state index is 0.112. The minimum atomic E-state index is -1.19. The van der Waals surface area contributed by atoms with Gasteiger partial charge in [-0.2, -0.15) is 0 Å². The lowest BCUT2D eigenvalue weighted by atomic mass is 10.0. The molecular weight excluding hydrogens is 379 g/mol. The number of amides is 1. The predicted molar refractivity (Wildman–Crippen MR) is 105 cm³/mol. The van der Waals surface area contributed by atoms with E-state index in [0.29, 0.717) is 25.2 Å². The van der Waals surface area contributed by atoms with Crippen LogP contribution in [0, 0.1) is 5.82 Å². The van der Waals surface area contributed by atoms with Crippen molar-refractivity contribution in [2.24, 2.45) is 0 Å². The molecule has 0 saturated carbocycles. The van der Waals surface area contributed by atoms with Crippen LogP contribution in [0.2, 0.25) is 0 Å². The molecule has 2 aromatic rings. The third-order valence-corrected chi connectivity index (χ3v) is 4.87. The fourth-order valence-electron chi connectivity index (χ4n) is 3.35. The van der Waals surface area contributed by atoms with Gasteiger partial charge in [0, 0.05) is 25.9 Å². The summed E-state index contributed by atoms with van der Waals surface area (Å²) in [7, 11) is 1.53. The highest BCUT2D eigenvalue weighted by Gasteiger charge is 2.31. The van der Waals surface area contributed by atoms with Crippen molar-refractivity contribution in [3.63, 3.8) is 0 Å². The summed E-state index contributed by atoms with van der Waals surface area (Å²) in [5.41, 5.74) is 1.24. The first-order valence-electron chi connectivity index (χ1n) is 9.25. The Morgan fingerprint density at radius 2 is 2.00 bits per heavy atom. The van der Waals surface area contributed by atoms with E-state index in [-0.39, 0.29) is 24.3 Å². The number of halogens is 1. The van der Waals surface area contributed by atoms with Gasteiger partial charge in [0.25, 0.3) is 0 Å². The maximum Gasteiger partial charge on any atom is 0.407 e. The van der Waals surface area contributed by atoms with Crippen molar-refractivity contribution in [3.8, 4) is 0 Å². The lowest BCUT2D eigenvalue weighted by Crippen LogP contribution is -2.55. The van der Waals surface area contributed by atoms with Crippen LogP contribution in [-0.4, -0.2) is 49.5 Å². The van der Waals surface area contributed by atoms with Gasteiger partial charge in [-0.3, -0.25) is 0 Å². The molecule has 0 radical (unpaired) electrons. The lowest BCUT2D eigenvalue weighted by molar-refractivity contribution is 0.0546. The number of hydrogen-bond donors (Lipinski definition) is 2. The van der Waals surface area contributed by atoms with Gasteiger partial charge in [0.2, 0.25) is 0 Å². The molecule has 7 nitrogen and oxygen atoms in total. The molecule has 29 heavy (non-hydrogen) atoms. The topological polar surface area (TPSA) is 88.1 Å². The smallest absolute Gasteiger partial charge is 0.407 e. The van der Waals surface area contributed by atoms with E-state index in [1.165, 1.54) is 19.2 Å². The third kappa shape index (κ3) is 5.45. The number of nitrogens with one attached hydrogen (secondary N) is 1. The summed E-state index contributed by atoms with van der Waals surface area (Å²) < 4.78 is 24.6. The number of nitrogens with zero attached hydrogens (tertiary/aromatic N) is 1. The largest absolute Gasteiger partial charge is 0.478 e. The Bertz CT molecular complexity index is 861. The molecule has 0 bridgehead atoms. The number of carboxylic acid groups (broad SMARTS) is 1. The molecule has 1 aliphatic heterocycles. The molecular formula is C21H23FN2O5. The van der Waals surface area contributed by atoms with Gasteiger partial charge in [0.1, 0.15) is 12.4 Å². The van der Waals surface area contributed by atoms with E-state index in [0.717, 1.165) is 11.6 Å². The Kier molecular flexibility index (Phi) is 6.66. The van der Waals surface area contributed by atoms with Crippen LogP contribution >= 0.6 is 0 Å². The Labute approximate surface area is 168 Å². The van der Waals surface area contributed by atoms with Crippen LogP contribution in [0.1, 0.15) is 22.3 Å². The maximum absolute atomic E-state index is 13.8. The van der Waals surface area contributed by atoms with Gasteiger partial charge in [-0.15, -0.1) is 0 Å². The first-order valence-corrected chi connectivity index (χ1v) is 9.25. The quantitative estimate of drug-likeness (QED) is 0.772. The van der Waals surface area contributed by atoms with Crippen LogP contribution in [0.3, 0.4) is 0 Å². The number of anilines is 1. The number of carbonyl (C=O) groups is 2. The first kappa shape index (κ1) is 20.6. The zero-order chi connectivity index (χ0) is 20.8. The summed E-state index contributed by atoms with van der Waals surface area (Å²) in [6, 6.07) is 12.8. The molecule has 1 fully saturated rings. The molecule has 1 heterocycles. The van der Waals surface area contributed by atoms with Gasteiger partial charge < -0.3 is 24.8 Å². The predicted octanol–water partition coefficient (Wildman–Crippen LogP) is 3.04. The first-order chi connectivity index (χ1) is 14.0. The number of carboxylic acids is 1. The average Bonchev–Trinajstić information content (AvgIpc) is 2.72. The Hall–Kier alpha value is -3.13. The van der Waals surface area contributed by atoms with Gasteiger partial charge >= 0.3 is 12.1 Å². The zero-order valence-corrected chi connectivity index (χ0v) is 16.0. The fraction of sp³-hybridized carbons (Fsp3) is 0.333. The van der Waals surface area contributed by atoms with Gasteiger partial charge in [0.05, 0.1) is 17.7 Å². The molecule has 3 rings (SSSR count). The fourth-order valence-corrected chi connectivity index (χ4v) is 3.35. The molecule has 154 valence electrons. The van der Waals surface area contributed by atoms with E-state index >= 15 is 0 Å². The maximum atomic E-state index is 13.8. The molecule has 0 spiro atoms. The molecule has 1 aliphatic rings. The number of methoxy groups -OCH3 is 1. The van der Waals surface area contributed by atoms with Crippen LogP contribution in [0.15, 0.2) is 48.5 Å². The Morgan fingerprint density at radius 3 is 2.69 bits per heavy atom. The molecule has 2 aromatic carbocycles. The zero-order valence-electron chi connectivity index (χ0n) is 16.0. The number of carbonyl (C=O) groups excluding carboxylic acids is 1. The van der Waals surface area contributed by atoms with E-state index < -0.39 is 17.9 Å². The van der Waals surface area contributed by atoms with Crippen LogP contribution in [0.5, 0.6) is 0 Å². The summed E-state index contributed by atoms with van der Waals surface area (Å²) in [5.74, 6) is -1.80. The van der Waals surface area contributed by atoms with E-state index in [2.05, 4.69) is 5.32 Å². The van der Waals surface area contributed by atoms with E-state index in [1.807, 2.05) is 35.2 Å². The molecule has 0 aliphatic carbocycles. The Balaban J connectivity index is 1.59. The van der Waals surface area contributed by atoms with E-state index in [1.54, 1.807) is 0 Å². The monoisotopic (exact) mass is 402 g/mol. The van der Waals surface area contributed by atoms with Crippen LogP contribution in [-0.2, 0) is 16.1 Å². The summed E-state index contributed by atoms with van der Waals surface area (Å²) in [6.07, 6.45) is -0.351. The van der Waals surface area contributed by atoms with Gasteiger partial charge in [-0.25, -0.2) is 14.0 Å². The van der Waals surface area contributed by atoms with Crippen LogP contribution in [0.4, 0.5) is 14.9 Å². The van der Waals surface area contributed by atoms with Crippen molar-refractivity contribution in [3.05, 3.63) is 65.5 Å². The standard InChI is InChI=1S/C21H23FN2O5/c1-28-19-12-24(17-10-15(20(25)26)9-16(22)11-17)8-7-18(19)23-21(27)29-13-14-5-3-2-4-6-14/h2-6,9-11,18-19H,7-8,12-13H2,1H3,(H,23,27)(H,25,26)/t18-,19+/m0/s1. The molecule has 0 aromatic heterocycles. The van der Waals surface area contributed by atoms with E-state index in [9.17, 15) is 14.0 Å². The summed E-state index contributed by atoms with van der Waals surface area (Å²) in [5, 5.41) is 12.0. The number of hydrogen-bond acceptors (Lipinski definition) is 5. The normalized spacial score (nSPS) is 18.9. The van der Waals surface area contributed by atoms with Crippen molar-refractivity contribution >= 4 is 17.7 Å². The number of alkyl carbamates (subject to hydrolysis) is 1. The highest BCUT2D eigenvalue weighted by Crippen LogP contribution is 2.24. The molecule has 1 saturated heterocycles. The number of piperidine rings is 1. The van der Waals surface area contributed by atoms with Crippen LogP contribution < -0.4 is 10.2 Å². The SMILES string of the molecule is CO[C@@H]1CN(c2cc(F)cc(C(=O)O)c2)CC[C@@H]1NC(=O)OCc1ccccc1. The average molecular weight is 402 g/mol. The second-order valence-electron chi connectivity index (χ2n) is 6.82. The highest BCUT2D eigenvalue weighted by atomic mass is 19.1. The van der Waals surface area contributed by atoms with Crippen molar-refractivity contribution in [1.29, 1.82) is 0 Å². The van der Waals surface area contributed by atoms with Crippen molar-refractivity contribution in [1.82, 2.24) is 5.32 Å². The van der Waals surface area contributed by atoms with Crippen LogP contribution in [0.25, 0.3) is 0 Å². The van der Waals surface area contributed by atoms with Gasteiger partial charge in [0.15, 0.2) is 0 Å². The Morgan fingerprint density at radius 1 is 1.24 bits per heavy atom. The molecule has 1 amide bonds. The molecule has 2 N–H and O–H groups in total. The lowest BCUT2D eigenvalue weighted by Gasteiger charge is -2.39. The summed E-state index contributed by atoms with van der Waals surface area (Å²) >= 11 is 0. The third-order valence-electron chi connectivity index (χ3n) is 4.87. The van der Waals surface area contributed by atoms with Gasteiger partial charge in [-0.1, -0.05) is 30.3 Å². The molecule has 8 heteroatoms. The van der Waals surface area contributed by atoms with Crippen molar-refractivity contribution < 1.29 is 28.6 Å². The number of ether oxygens (including phenoxy) is 2. The summed E-state index contributed by atoms with van der Waals surface area (Å²) in [4.78, 5) is 25.2. The van der Waals surface area contributed by atoms with Crippen molar-refractivity contribution in [2.75, 3.05) is 25.1 Å². The highest BCUT2D eigenvalue weighted by molar-refractivity contribution is 5.88. The minimum Gasteiger partial charge on any atom is -0.478 e. The van der Waals surface area contributed by atoms with Gasteiger partial charge in [-0.05, 0) is 30.2 Å². The number of benzene rings is 2.